The average Bonchev–Trinajstić information content (AvgIpc) is 3.14. The average molecular weight is 455 g/mol. The van der Waals surface area contributed by atoms with E-state index in [0.29, 0.717) is 17.8 Å². The highest BCUT2D eigenvalue weighted by atomic mass is 32.2. The molecule has 2 atom stereocenters. The number of fused-ring (bicyclic) bond motifs is 1. The van der Waals surface area contributed by atoms with Gasteiger partial charge in [-0.2, -0.15) is 10.4 Å². The van der Waals surface area contributed by atoms with Crippen LogP contribution in [0, 0.1) is 11.3 Å². The Morgan fingerprint density at radius 1 is 1.25 bits per heavy atom. The predicted octanol–water partition coefficient (Wildman–Crippen LogP) is 3.08. The molecule has 2 aliphatic rings. The normalized spacial score (nSPS) is 19.3. The van der Waals surface area contributed by atoms with Gasteiger partial charge in [-0.05, 0) is 49.6 Å². The predicted molar refractivity (Wildman–Crippen MR) is 123 cm³/mol. The third-order valence-corrected chi connectivity index (χ3v) is 6.99. The molecular formula is C22H26N6O3S. The lowest BCUT2D eigenvalue weighted by molar-refractivity contribution is 0.0566. The minimum absolute atomic E-state index is 0.116. The lowest BCUT2D eigenvalue weighted by Gasteiger charge is -2.28. The molecule has 9 nitrogen and oxygen atoms in total. The summed E-state index contributed by atoms with van der Waals surface area (Å²) >= 11 is 0. The van der Waals surface area contributed by atoms with Gasteiger partial charge in [-0.3, -0.25) is 9.48 Å². The molecule has 5 rings (SSSR count). The molecule has 2 unspecified atom stereocenters. The minimum Gasteiger partial charge on any atom is -0.379 e. The molecule has 0 spiro atoms. The topological polar surface area (TPSA) is 116 Å². The second-order valence-corrected chi connectivity index (χ2v) is 9.12. The fraction of sp³-hybridized carbons (Fsp3) is 0.409. The maximum atomic E-state index is 12.5. The highest BCUT2D eigenvalue weighted by Crippen LogP contribution is 2.29. The summed E-state index contributed by atoms with van der Waals surface area (Å²) in [6, 6.07) is 11.2. The molecule has 2 aliphatic heterocycles. The molecule has 3 aromatic rings. The number of aromatic amines is 1. The van der Waals surface area contributed by atoms with Crippen LogP contribution in [0.3, 0.4) is 0 Å². The smallest absolute Gasteiger partial charge is 0.261 e. The van der Waals surface area contributed by atoms with Crippen molar-refractivity contribution in [3.8, 4) is 6.07 Å². The first-order valence-electron chi connectivity index (χ1n) is 10.6. The van der Waals surface area contributed by atoms with E-state index in [4.69, 9.17) is 15.1 Å². The first kappa shape index (κ1) is 22.2. The van der Waals surface area contributed by atoms with E-state index in [-0.39, 0.29) is 11.6 Å². The van der Waals surface area contributed by atoms with Gasteiger partial charge in [0.25, 0.3) is 5.56 Å². The Labute approximate surface area is 188 Å². The van der Waals surface area contributed by atoms with Crippen molar-refractivity contribution in [1.29, 1.82) is 5.26 Å². The number of pyridine rings is 1. The van der Waals surface area contributed by atoms with Crippen molar-refractivity contribution in [3.63, 3.8) is 0 Å². The Morgan fingerprint density at radius 2 is 2.00 bits per heavy atom. The molecule has 168 valence electrons. The molecule has 2 saturated heterocycles. The SMILES string of the molecule is CC#N.O=c1[nH]ccc2c1c(Nc1ccc(S(=O)N3CCC3)cc1)nn2C1CCCOC1. The summed E-state index contributed by atoms with van der Waals surface area (Å²) in [5.41, 5.74) is 1.41. The van der Waals surface area contributed by atoms with Crippen LogP contribution in [-0.2, 0) is 15.7 Å². The molecule has 4 heterocycles. The Balaban J connectivity index is 0.000000775. The zero-order valence-electron chi connectivity index (χ0n) is 17.9. The number of anilines is 2. The van der Waals surface area contributed by atoms with Crippen LogP contribution in [0.4, 0.5) is 11.5 Å². The zero-order chi connectivity index (χ0) is 22.5. The Morgan fingerprint density at radius 3 is 2.62 bits per heavy atom. The van der Waals surface area contributed by atoms with Gasteiger partial charge in [-0.1, -0.05) is 0 Å². The van der Waals surface area contributed by atoms with Crippen LogP contribution < -0.4 is 10.9 Å². The van der Waals surface area contributed by atoms with Gasteiger partial charge in [0, 0.05) is 38.5 Å². The third kappa shape index (κ3) is 4.60. The van der Waals surface area contributed by atoms with Crippen molar-refractivity contribution in [1.82, 2.24) is 19.1 Å². The first-order chi connectivity index (χ1) is 15.6. The summed E-state index contributed by atoms with van der Waals surface area (Å²) in [5.74, 6) is 0.518. The molecule has 32 heavy (non-hydrogen) atoms. The van der Waals surface area contributed by atoms with Gasteiger partial charge < -0.3 is 15.0 Å². The summed E-state index contributed by atoms with van der Waals surface area (Å²) in [6.45, 7) is 4.56. The second kappa shape index (κ2) is 10.1. The Kier molecular flexibility index (Phi) is 6.99. The fourth-order valence-electron chi connectivity index (χ4n) is 3.78. The van der Waals surface area contributed by atoms with Crippen LogP contribution >= 0.6 is 0 Å². The molecule has 0 aliphatic carbocycles. The van der Waals surface area contributed by atoms with Gasteiger partial charge in [-0.15, -0.1) is 0 Å². The summed E-state index contributed by atoms with van der Waals surface area (Å²) in [4.78, 5) is 16.0. The molecule has 1 aromatic carbocycles. The second-order valence-electron chi connectivity index (χ2n) is 7.64. The van der Waals surface area contributed by atoms with Gasteiger partial charge in [0.1, 0.15) is 16.4 Å². The lowest BCUT2D eigenvalue weighted by atomic mass is 10.1. The van der Waals surface area contributed by atoms with E-state index in [1.54, 1.807) is 12.3 Å². The third-order valence-electron chi connectivity index (χ3n) is 5.48. The van der Waals surface area contributed by atoms with Crippen LogP contribution in [0.2, 0.25) is 0 Å². The number of hydrogen-bond acceptors (Lipinski definition) is 6. The van der Waals surface area contributed by atoms with Crippen molar-refractivity contribution in [2.45, 2.75) is 37.1 Å². The van der Waals surface area contributed by atoms with Crippen molar-refractivity contribution in [2.24, 2.45) is 0 Å². The Hall–Kier alpha value is -3.00. The monoisotopic (exact) mass is 454 g/mol. The number of hydrogen-bond donors (Lipinski definition) is 2. The highest BCUT2D eigenvalue weighted by Gasteiger charge is 2.23. The molecule has 10 heteroatoms. The highest BCUT2D eigenvalue weighted by molar-refractivity contribution is 7.82. The van der Waals surface area contributed by atoms with E-state index in [0.717, 1.165) is 55.1 Å². The number of nitrogens with one attached hydrogen (secondary N) is 2. The van der Waals surface area contributed by atoms with Crippen LogP contribution in [0.25, 0.3) is 10.9 Å². The molecule has 0 amide bonds. The van der Waals surface area contributed by atoms with Crippen LogP contribution in [0.5, 0.6) is 0 Å². The van der Waals surface area contributed by atoms with E-state index < -0.39 is 11.0 Å². The van der Waals surface area contributed by atoms with Gasteiger partial charge in [0.15, 0.2) is 5.82 Å². The summed E-state index contributed by atoms with van der Waals surface area (Å²) < 4.78 is 21.9. The number of rotatable bonds is 5. The van der Waals surface area contributed by atoms with Gasteiger partial charge in [0.2, 0.25) is 0 Å². The van der Waals surface area contributed by atoms with E-state index in [9.17, 15) is 9.00 Å². The van der Waals surface area contributed by atoms with Crippen LogP contribution in [0.1, 0.15) is 32.2 Å². The largest absolute Gasteiger partial charge is 0.379 e. The molecule has 0 saturated carbocycles. The van der Waals surface area contributed by atoms with E-state index in [1.165, 1.54) is 6.92 Å². The molecular weight excluding hydrogens is 428 g/mol. The van der Waals surface area contributed by atoms with E-state index >= 15 is 0 Å². The zero-order valence-corrected chi connectivity index (χ0v) is 18.7. The first-order valence-corrected chi connectivity index (χ1v) is 11.8. The summed E-state index contributed by atoms with van der Waals surface area (Å²) in [5, 5.41) is 15.8. The lowest BCUT2D eigenvalue weighted by Crippen LogP contribution is -2.38. The van der Waals surface area contributed by atoms with Gasteiger partial charge in [0.05, 0.1) is 29.1 Å². The number of H-pyrrole nitrogens is 1. The molecule has 0 radical (unpaired) electrons. The van der Waals surface area contributed by atoms with Gasteiger partial charge in [-0.25, -0.2) is 8.51 Å². The summed E-state index contributed by atoms with van der Waals surface area (Å²) in [6.07, 6.45) is 4.70. The number of benzene rings is 1. The van der Waals surface area contributed by atoms with Crippen molar-refractivity contribution in [3.05, 3.63) is 46.9 Å². The van der Waals surface area contributed by atoms with Crippen molar-refractivity contribution < 1.29 is 8.95 Å². The van der Waals surface area contributed by atoms with Crippen molar-refractivity contribution in [2.75, 3.05) is 31.6 Å². The minimum atomic E-state index is -1.10. The fourth-order valence-corrected chi connectivity index (χ4v) is 5.03. The van der Waals surface area contributed by atoms with Crippen LogP contribution in [-0.4, -0.2) is 49.6 Å². The molecule has 0 bridgehead atoms. The van der Waals surface area contributed by atoms with Gasteiger partial charge >= 0.3 is 0 Å². The van der Waals surface area contributed by atoms with Crippen LogP contribution in [0.15, 0.2) is 46.2 Å². The number of nitrogens with zero attached hydrogens (tertiary/aromatic N) is 4. The summed E-state index contributed by atoms with van der Waals surface area (Å²) in [7, 11) is -1.10. The number of nitriles is 1. The number of aromatic nitrogens is 3. The standard InChI is InChI=1S/C20H23N5O3S.C2H3N/c26-20-18-17(8-9-21-20)25(15-3-1-12-28-13-15)23-19(18)22-14-4-6-16(7-5-14)29(27)24-10-2-11-24;1-2-3/h4-9,15H,1-3,10-13H2,(H,21,26)(H,22,23);1H3. The van der Waals surface area contributed by atoms with Crippen molar-refractivity contribution >= 4 is 33.4 Å². The number of ether oxygens (including phenoxy) is 1. The molecule has 2 aromatic heterocycles. The van der Waals surface area contributed by atoms with E-state index in [2.05, 4.69) is 10.3 Å². The maximum absolute atomic E-state index is 12.5. The molecule has 2 fully saturated rings. The van der Waals surface area contributed by atoms with E-state index in [1.807, 2.05) is 39.3 Å². The quantitative estimate of drug-likeness (QED) is 0.612. The molecule has 2 N–H and O–H groups in total. The maximum Gasteiger partial charge on any atom is 0.261 e. The Bertz CT molecular complexity index is 1190.